The Morgan fingerprint density at radius 1 is 1.42 bits per heavy atom. The van der Waals surface area contributed by atoms with Crippen LogP contribution < -0.4 is 10.6 Å². The Morgan fingerprint density at radius 3 is 2.74 bits per heavy atom. The number of unbranched alkanes of at least 4 members (excludes halogenated alkanes) is 1. The number of hydrogen-bond acceptors (Lipinski definition) is 4. The number of rotatable bonds is 5. The van der Waals surface area contributed by atoms with Gasteiger partial charge >= 0.3 is 12.0 Å². The summed E-state index contributed by atoms with van der Waals surface area (Å²) in [5, 5.41) is 13.1. The summed E-state index contributed by atoms with van der Waals surface area (Å²) in [5.74, 6) is -1.89. The van der Waals surface area contributed by atoms with E-state index >= 15 is 0 Å². The average Bonchev–Trinajstić information content (AvgIpc) is 2.32. The fourth-order valence-corrected chi connectivity index (χ4v) is 1.66. The molecule has 1 aliphatic heterocycles. The molecular weight excluding hydrogens is 254 g/mol. The van der Waals surface area contributed by atoms with Crippen LogP contribution in [-0.2, 0) is 14.4 Å². The number of carboxylic acid groups (broad SMARTS) is 1. The molecule has 0 bridgehead atoms. The van der Waals surface area contributed by atoms with Gasteiger partial charge in [-0.3, -0.25) is 19.7 Å². The SMILES string of the molecule is CC1C(=O)NC(=O)CN1C(=O)NCCCCC(=O)O. The summed E-state index contributed by atoms with van der Waals surface area (Å²) >= 11 is 0. The van der Waals surface area contributed by atoms with Gasteiger partial charge in [0.2, 0.25) is 11.8 Å². The van der Waals surface area contributed by atoms with E-state index in [1.165, 1.54) is 6.92 Å². The third-order valence-electron chi connectivity index (χ3n) is 2.78. The zero-order chi connectivity index (χ0) is 14.4. The third-order valence-corrected chi connectivity index (χ3v) is 2.78. The molecule has 1 atom stereocenters. The van der Waals surface area contributed by atoms with Crippen LogP contribution in [0.4, 0.5) is 4.79 Å². The molecule has 1 unspecified atom stereocenters. The normalized spacial score (nSPS) is 19.0. The molecule has 106 valence electrons. The van der Waals surface area contributed by atoms with E-state index in [1.54, 1.807) is 0 Å². The number of amides is 4. The summed E-state index contributed by atoms with van der Waals surface area (Å²) in [6.45, 7) is 1.69. The van der Waals surface area contributed by atoms with Crippen molar-refractivity contribution in [2.45, 2.75) is 32.2 Å². The minimum absolute atomic E-state index is 0.0525. The van der Waals surface area contributed by atoms with E-state index in [0.29, 0.717) is 19.4 Å². The van der Waals surface area contributed by atoms with Crippen molar-refractivity contribution < 1.29 is 24.3 Å². The maximum absolute atomic E-state index is 11.8. The summed E-state index contributed by atoms with van der Waals surface area (Å²) in [4.78, 5) is 45.7. The number of carboxylic acids is 1. The molecule has 4 amide bonds. The van der Waals surface area contributed by atoms with Gasteiger partial charge in [0.05, 0.1) is 0 Å². The number of imide groups is 1. The van der Waals surface area contributed by atoms with Gasteiger partial charge in [-0.2, -0.15) is 0 Å². The van der Waals surface area contributed by atoms with Gasteiger partial charge in [-0.15, -0.1) is 0 Å². The smallest absolute Gasteiger partial charge is 0.318 e. The summed E-state index contributed by atoms with van der Waals surface area (Å²) in [6.07, 6.45) is 1.04. The minimum atomic E-state index is -0.877. The topological polar surface area (TPSA) is 116 Å². The van der Waals surface area contributed by atoms with E-state index in [0.717, 1.165) is 4.90 Å². The number of aliphatic carboxylic acids is 1. The van der Waals surface area contributed by atoms with Crippen LogP contribution in [0.3, 0.4) is 0 Å². The highest BCUT2D eigenvalue weighted by Gasteiger charge is 2.33. The van der Waals surface area contributed by atoms with Gasteiger partial charge in [-0.25, -0.2) is 4.79 Å². The van der Waals surface area contributed by atoms with Gasteiger partial charge in [0.15, 0.2) is 0 Å². The van der Waals surface area contributed by atoms with Crippen LogP contribution in [0.25, 0.3) is 0 Å². The predicted molar refractivity (Wildman–Crippen MR) is 64.2 cm³/mol. The maximum Gasteiger partial charge on any atom is 0.318 e. The van der Waals surface area contributed by atoms with Gasteiger partial charge in [0.1, 0.15) is 12.6 Å². The molecular formula is C11H17N3O5. The lowest BCUT2D eigenvalue weighted by molar-refractivity contribution is -0.138. The first-order valence-electron chi connectivity index (χ1n) is 6.01. The van der Waals surface area contributed by atoms with Crippen molar-refractivity contribution in [1.82, 2.24) is 15.5 Å². The second kappa shape index (κ2) is 6.72. The van der Waals surface area contributed by atoms with Crippen molar-refractivity contribution in [3.63, 3.8) is 0 Å². The van der Waals surface area contributed by atoms with Crippen LogP contribution in [0.2, 0.25) is 0 Å². The number of piperazine rings is 1. The molecule has 1 aliphatic rings. The molecule has 0 radical (unpaired) electrons. The van der Waals surface area contributed by atoms with Gasteiger partial charge in [0, 0.05) is 13.0 Å². The van der Waals surface area contributed by atoms with Crippen LogP contribution in [0.1, 0.15) is 26.2 Å². The molecule has 1 saturated heterocycles. The lowest BCUT2D eigenvalue weighted by Crippen LogP contribution is -2.60. The van der Waals surface area contributed by atoms with Crippen LogP contribution in [0.15, 0.2) is 0 Å². The molecule has 8 nitrogen and oxygen atoms in total. The second-order valence-corrected chi connectivity index (χ2v) is 4.30. The summed E-state index contributed by atoms with van der Waals surface area (Å²) in [6, 6.07) is -1.19. The number of carbonyl (C=O) groups excluding carboxylic acids is 3. The Morgan fingerprint density at radius 2 is 2.11 bits per heavy atom. The Balaban J connectivity index is 2.34. The second-order valence-electron chi connectivity index (χ2n) is 4.30. The van der Waals surface area contributed by atoms with Crippen molar-refractivity contribution >= 4 is 23.8 Å². The molecule has 0 aromatic heterocycles. The largest absolute Gasteiger partial charge is 0.481 e. The molecule has 0 spiro atoms. The van der Waals surface area contributed by atoms with Crippen molar-refractivity contribution in [1.29, 1.82) is 0 Å². The molecule has 0 aromatic rings. The highest BCUT2D eigenvalue weighted by molar-refractivity contribution is 6.03. The third kappa shape index (κ3) is 4.57. The molecule has 8 heteroatoms. The van der Waals surface area contributed by atoms with Crippen LogP contribution in [-0.4, -0.2) is 53.0 Å². The van der Waals surface area contributed by atoms with Gasteiger partial charge in [-0.1, -0.05) is 0 Å². The Kier molecular flexibility index (Phi) is 5.28. The number of hydrogen-bond donors (Lipinski definition) is 3. The van der Waals surface area contributed by atoms with E-state index in [2.05, 4.69) is 10.6 Å². The molecule has 19 heavy (non-hydrogen) atoms. The van der Waals surface area contributed by atoms with E-state index in [-0.39, 0.29) is 13.0 Å². The van der Waals surface area contributed by atoms with Crippen LogP contribution in [0.5, 0.6) is 0 Å². The monoisotopic (exact) mass is 271 g/mol. The summed E-state index contributed by atoms with van der Waals surface area (Å²) in [7, 11) is 0. The first-order valence-corrected chi connectivity index (χ1v) is 6.01. The molecule has 1 heterocycles. The summed E-state index contributed by atoms with van der Waals surface area (Å²) in [5.41, 5.74) is 0. The fourth-order valence-electron chi connectivity index (χ4n) is 1.66. The minimum Gasteiger partial charge on any atom is -0.481 e. The lowest BCUT2D eigenvalue weighted by Gasteiger charge is -2.31. The number of carbonyl (C=O) groups is 4. The lowest BCUT2D eigenvalue weighted by atomic mass is 10.2. The fraction of sp³-hybridized carbons (Fsp3) is 0.636. The van der Waals surface area contributed by atoms with Crippen LogP contribution >= 0.6 is 0 Å². The van der Waals surface area contributed by atoms with Gasteiger partial charge < -0.3 is 15.3 Å². The number of nitrogens with one attached hydrogen (secondary N) is 2. The van der Waals surface area contributed by atoms with Gasteiger partial charge in [-0.05, 0) is 19.8 Å². The molecule has 1 rings (SSSR count). The van der Waals surface area contributed by atoms with E-state index in [9.17, 15) is 19.2 Å². The standard InChI is InChI=1S/C11H17N3O5/c1-7-10(18)13-8(15)6-14(7)11(19)12-5-3-2-4-9(16)17/h7H,2-6H2,1H3,(H,12,19)(H,16,17)(H,13,15,18). The Hall–Kier alpha value is -2.12. The van der Waals surface area contributed by atoms with Gasteiger partial charge in [0.25, 0.3) is 0 Å². The zero-order valence-electron chi connectivity index (χ0n) is 10.6. The first kappa shape index (κ1) is 14.9. The number of urea groups is 1. The summed E-state index contributed by atoms with van der Waals surface area (Å²) < 4.78 is 0. The van der Waals surface area contributed by atoms with Crippen LogP contribution in [0, 0.1) is 0 Å². The maximum atomic E-state index is 11.8. The molecule has 0 aromatic carbocycles. The first-order chi connectivity index (χ1) is 8.91. The highest BCUT2D eigenvalue weighted by atomic mass is 16.4. The Bertz CT molecular complexity index is 396. The van der Waals surface area contributed by atoms with E-state index in [4.69, 9.17) is 5.11 Å². The molecule has 3 N–H and O–H groups in total. The quantitative estimate of drug-likeness (QED) is 0.451. The predicted octanol–water partition coefficient (Wildman–Crippen LogP) is -0.702. The van der Waals surface area contributed by atoms with E-state index in [1.807, 2.05) is 0 Å². The Labute approximate surface area is 110 Å². The highest BCUT2D eigenvalue weighted by Crippen LogP contribution is 2.05. The van der Waals surface area contributed by atoms with Crippen molar-refractivity contribution in [3.8, 4) is 0 Å². The molecule has 1 fully saturated rings. The number of nitrogens with zero attached hydrogens (tertiary/aromatic N) is 1. The zero-order valence-corrected chi connectivity index (χ0v) is 10.6. The average molecular weight is 271 g/mol. The van der Waals surface area contributed by atoms with Crippen molar-refractivity contribution in [3.05, 3.63) is 0 Å². The molecule has 0 aliphatic carbocycles. The van der Waals surface area contributed by atoms with Crippen molar-refractivity contribution in [2.24, 2.45) is 0 Å². The van der Waals surface area contributed by atoms with Crippen molar-refractivity contribution in [2.75, 3.05) is 13.1 Å². The molecule has 0 saturated carbocycles. The van der Waals surface area contributed by atoms with E-state index < -0.39 is 29.9 Å².